The standard InChI is InChI=1S/C14H21FN2O2/c1-9(2)19-14-8-13(12(16)7-11(14)15)17(5-6-18)10-3-4-10/h7-10,18H,3-6,16H2,1-2H3. The van der Waals surface area contributed by atoms with Crippen molar-refractivity contribution in [3.63, 3.8) is 0 Å². The Kier molecular flexibility index (Phi) is 4.14. The van der Waals surface area contributed by atoms with Crippen molar-refractivity contribution < 1.29 is 14.2 Å². The molecule has 0 bridgehead atoms. The van der Waals surface area contributed by atoms with Gasteiger partial charge in [0.05, 0.1) is 24.1 Å². The van der Waals surface area contributed by atoms with E-state index in [1.807, 2.05) is 18.7 Å². The Morgan fingerprint density at radius 1 is 1.47 bits per heavy atom. The van der Waals surface area contributed by atoms with Crippen molar-refractivity contribution in [2.45, 2.75) is 38.8 Å². The van der Waals surface area contributed by atoms with Crippen molar-refractivity contribution in [3.8, 4) is 5.75 Å². The van der Waals surface area contributed by atoms with Crippen LogP contribution in [0.25, 0.3) is 0 Å². The number of aliphatic hydroxyl groups is 1. The molecule has 0 heterocycles. The first-order chi connectivity index (χ1) is 9.02. The van der Waals surface area contributed by atoms with Gasteiger partial charge in [0.25, 0.3) is 0 Å². The fourth-order valence-electron chi connectivity index (χ4n) is 2.14. The van der Waals surface area contributed by atoms with Crippen LogP contribution in [-0.2, 0) is 0 Å². The minimum atomic E-state index is -0.449. The molecule has 0 aliphatic heterocycles. The Morgan fingerprint density at radius 2 is 2.16 bits per heavy atom. The van der Waals surface area contributed by atoms with Crippen LogP contribution in [0.1, 0.15) is 26.7 Å². The molecular formula is C14H21FN2O2. The Bertz CT molecular complexity index is 447. The maximum absolute atomic E-state index is 13.8. The van der Waals surface area contributed by atoms with Gasteiger partial charge in [-0.2, -0.15) is 0 Å². The highest BCUT2D eigenvalue weighted by Gasteiger charge is 2.30. The van der Waals surface area contributed by atoms with E-state index in [1.54, 1.807) is 6.07 Å². The lowest BCUT2D eigenvalue weighted by atomic mass is 10.2. The van der Waals surface area contributed by atoms with Crippen LogP contribution >= 0.6 is 0 Å². The maximum atomic E-state index is 13.8. The fraction of sp³-hybridized carbons (Fsp3) is 0.571. The van der Waals surface area contributed by atoms with E-state index in [4.69, 9.17) is 15.6 Å². The van der Waals surface area contributed by atoms with Crippen molar-refractivity contribution in [1.82, 2.24) is 0 Å². The highest BCUT2D eigenvalue weighted by molar-refractivity contribution is 5.71. The molecular weight excluding hydrogens is 247 g/mol. The van der Waals surface area contributed by atoms with Gasteiger partial charge in [-0.05, 0) is 26.7 Å². The van der Waals surface area contributed by atoms with Crippen molar-refractivity contribution in [2.24, 2.45) is 0 Å². The summed E-state index contributed by atoms with van der Waals surface area (Å²) < 4.78 is 19.2. The minimum Gasteiger partial charge on any atom is -0.488 e. The van der Waals surface area contributed by atoms with E-state index >= 15 is 0 Å². The molecule has 1 fully saturated rings. The zero-order chi connectivity index (χ0) is 14.0. The summed E-state index contributed by atoms with van der Waals surface area (Å²) in [5.41, 5.74) is 7.03. The van der Waals surface area contributed by atoms with Crippen molar-refractivity contribution >= 4 is 11.4 Å². The number of benzene rings is 1. The van der Waals surface area contributed by atoms with E-state index in [-0.39, 0.29) is 18.5 Å². The maximum Gasteiger partial charge on any atom is 0.167 e. The lowest BCUT2D eigenvalue weighted by Crippen LogP contribution is -2.29. The topological polar surface area (TPSA) is 58.7 Å². The summed E-state index contributed by atoms with van der Waals surface area (Å²) in [4.78, 5) is 2.03. The first-order valence-corrected chi connectivity index (χ1v) is 6.66. The normalized spacial score (nSPS) is 14.8. The minimum absolute atomic E-state index is 0.0493. The van der Waals surface area contributed by atoms with Gasteiger partial charge in [-0.1, -0.05) is 0 Å². The molecule has 0 unspecified atom stereocenters. The van der Waals surface area contributed by atoms with E-state index in [0.29, 0.717) is 18.3 Å². The second-order valence-corrected chi connectivity index (χ2v) is 5.16. The number of rotatable bonds is 6. The molecule has 0 amide bonds. The summed E-state index contributed by atoms with van der Waals surface area (Å²) in [6.07, 6.45) is 2.06. The van der Waals surface area contributed by atoms with Gasteiger partial charge in [-0.15, -0.1) is 0 Å². The molecule has 0 spiro atoms. The largest absolute Gasteiger partial charge is 0.488 e. The van der Waals surface area contributed by atoms with Gasteiger partial charge in [0, 0.05) is 24.7 Å². The number of ether oxygens (including phenoxy) is 1. The molecule has 1 aliphatic rings. The van der Waals surface area contributed by atoms with Crippen LogP contribution in [0.2, 0.25) is 0 Å². The molecule has 106 valence electrons. The van der Waals surface area contributed by atoms with Crippen LogP contribution in [0.3, 0.4) is 0 Å². The quantitative estimate of drug-likeness (QED) is 0.776. The molecule has 1 aromatic rings. The third-order valence-electron chi connectivity index (χ3n) is 3.08. The summed E-state index contributed by atoms with van der Waals surface area (Å²) >= 11 is 0. The SMILES string of the molecule is CC(C)Oc1cc(N(CCO)C2CC2)c(N)cc1F. The molecule has 19 heavy (non-hydrogen) atoms. The predicted molar refractivity (Wildman–Crippen MR) is 74.0 cm³/mol. The third kappa shape index (κ3) is 3.29. The molecule has 2 rings (SSSR count). The van der Waals surface area contributed by atoms with Gasteiger partial charge >= 0.3 is 0 Å². The van der Waals surface area contributed by atoms with Gasteiger partial charge < -0.3 is 20.5 Å². The van der Waals surface area contributed by atoms with E-state index in [1.165, 1.54) is 6.07 Å². The van der Waals surface area contributed by atoms with Crippen molar-refractivity contribution in [1.29, 1.82) is 0 Å². The van der Waals surface area contributed by atoms with Crippen LogP contribution in [0, 0.1) is 5.82 Å². The van der Waals surface area contributed by atoms with Crippen LogP contribution in [0.5, 0.6) is 5.75 Å². The third-order valence-corrected chi connectivity index (χ3v) is 3.08. The average molecular weight is 268 g/mol. The summed E-state index contributed by atoms with van der Waals surface area (Å²) in [6.45, 7) is 4.25. The lowest BCUT2D eigenvalue weighted by molar-refractivity contribution is 0.231. The Balaban J connectivity index is 2.32. The van der Waals surface area contributed by atoms with Crippen LogP contribution in [-0.4, -0.2) is 30.4 Å². The molecule has 1 aliphatic carbocycles. The lowest BCUT2D eigenvalue weighted by Gasteiger charge is -2.26. The first-order valence-electron chi connectivity index (χ1n) is 6.66. The zero-order valence-corrected chi connectivity index (χ0v) is 11.4. The summed E-state index contributed by atoms with van der Waals surface area (Å²) in [5, 5.41) is 9.15. The number of hydrogen-bond donors (Lipinski definition) is 2. The smallest absolute Gasteiger partial charge is 0.167 e. The Hall–Kier alpha value is -1.49. The van der Waals surface area contributed by atoms with Crippen LogP contribution < -0.4 is 15.4 Å². The molecule has 5 heteroatoms. The van der Waals surface area contributed by atoms with Crippen LogP contribution in [0.4, 0.5) is 15.8 Å². The highest BCUT2D eigenvalue weighted by Crippen LogP contribution is 2.37. The fourth-order valence-corrected chi connectivity index (χ4v) is 2.14. The van der Waals surface area contributed by atoms with E-state index < -0.39 is 5.82 Å². The number of hydrogen-bond acceptors (Lipinski definition) is 4. The molecule has 0 radical (unpaired) electrons. The number of nitrogens with zero attached hydrogens (tertiary/aromatic N) is 1. The van der Waals surface area contributed by atoms with Gasteiger partial charge in [-0.3, -0.25) is 0 Å². The Labute approximate surface area is 113 Å². The zero-order valence-electron chi connectivity index (χ0n) is 11.4. The predicted octanol–water partition coefficient (Wildman–Crippen LogP) is 2.16. The summed E-state index contributed by atoms with van der Waals surface area (Å²) in [7, 11) is 0. The molecule has 3 N–H and O–H groups in total. The van der Waals surface area contributed by atoms with Crippen molar-refractivity contribution in [3.05, 3.63) is 17.9 Å². The number of anilines is 2. The number of halogens is 1. The van der Waals surface area contributed by atoms with E-state index in [9.17, 15) is 4.39 Å². The van der Waals surface area contributed by atoms with Crippen LogP contribution in [0.15, 0.2) is 12.1 Å². The molecule has 4 nitrogen and oxygen atoms in total. The van der Waals surface area contributed by atoms with Gasteiger partial charge in [0.2, 0.25) is 0 Å². The molecule has 1 saturated carbocycles. The Morgan fingerprint density at radius 3 is 2.68 bits per heavy atom. The van der Waals surface area contributed by atoms with Crippen molar-refractivity contribution in [2.75, 3.05) is 23.8 Å². The number of nitrogen functional groups attached to an aromatic ring is 1. The number of aliphatic hydroxyl groups excluding tert-OH is 1. The monoisotopic (exact) mass is 268 g/mol. The van der Waals surface area contributed by atoms with Gasteiger partial charge in [-0.25, -0.2) is 4.39 Å². The second kappa shape index (κ2) is 5.65. The molecule has 0 aromatic heterocycles. The van der Waals surface area contributed by atoms with E-state index in [0.717, 1.165) is 18.5 Å². The molecule has 0 saturated heterocycles. The average Bonchev–Trinajstić information content (AvgIpc) is 3.14. The second-order valence-electron chi connectivity index (χ2n) is 5.16. The highest BCUT2D eigenvalue weighted by atomic mass is 19.1. The molecule has 0 atom stereocenters. The number of nitrogens with two attached hydrogens (primary N) is 1. The first kappa shape index (κ1) is 13.9. The summed E-state index contributed by atoms with van der Waals surface area (Å²) in [5.74, 6) is -0.238. The van der Waals surface area contributed by atoms with Gasteiger partial charge in [0.15, 0.2) is 11.6 Å². The molecule has 1 aromatic carbocycles. The summed E-state index contributed by atoms with van der Waals surface area (Å²) in [6, 6.07) is 3.32. The van der Waals surface area contributed by atoms with Gasteiger partial charge in [0.1, 0.15) is 0 Å². The van der Waals surface area contributed by atoms with E-state index in [2.05, 4.69) is 0 Å².